The smallest absolute Gasteiger partial charge is 0.253 e. The molecule has 0 aliphatic carbocycles. The topological polar surface area (TPSA) is 71.6 Å². The van der Waals surface area contributed by atoms with Crippen molar-refractivity contribution >= 4 is 52.6 Å². The number of hydrogen-bond donors (Lipinski definition) is 1. The fraction of sp³-hybridized carbons (Fsp3) is 0. The minimum atomic E-state index is -0.327. The van der Waals surface area contributed by atoms with Gasteiger partial charge in [-0.15, -0.1) is 26.7 Å². The molecule has 9 heteroatoms. The molecule has 0 radical (unpaired) electrons. The first-order chi connectivity index (χ1) is 10.3. The van der Waals surface area contributed by atoms with Crippen LogP contribution >= 0.6 is 34.2 Å². The van der Waals surface area contributed by atoms with E-state index in [1.807, 2.05) is 35.0 Å². The van der Waals surface area contributed by atoms with Gasteiger partial charge in [-0.05, 0) is 22.9 Å². The number of anilines is 1. The van der Waals surface area contributed by atoms with Crippen LogP contribution in [-0.2, 0) is 0 Å². The first kappa shape index (κ1) is 13.9. The van der Waals surface area contributed by atoms with Crippen molar-refractivity contribution in [2.45, 2.75) is 0 Å². The molecule has 21 heavy (non-hydrogen) atoms. The van der Waals surface area contributed by atoms with Gasteiger partial charge in [0.05, 0.1) is 12.4 Å². The van der Waals surface area contributed by atoms with Gasteiger partial charge < -0.3 is 0 Å². The van der Waals surface area contributed by atoms with Gasteiger partial charge in [0.25, 0.3) is 5.95 Å². The molecule has 106 valence electrons. The number of thiophene rings is 2. The Labute approximate surface area is 131 Å². The zero-order chi connectivity index (χ0) is 14.5. The zero-order valence-electron chi connectivity index (χ0n) is 10.5. The molecule has 0 unspecified atom stereocenters. The number of rotatable bonds is 5. The minimum absolute atomic E-state index is 0.297. The van der Waals surface area contributed by atoms with Gasteiger partial charge in [-0.1, -0.05) is 12.1 Å². The lowest BCUT2D eigenvalue weighted by Crippen LogP contribution is -1.99. The molecular formula is C12H9N5OS3. The van der Waals surface area contributed by atoms with Gasteiger partial charge in [0.1, 0.15) is 0 Å². The van der Waals surface area contributed by atoms with Crippen LogP contribution in [0.5, 0.6) is 0 Å². The summed E-state index contributed by atoms with van der Waals surface area (Å²) in [4.78, 5) is 16.9. The minimum Gasteiger partial charge on any atom is -0.253 e. The SMILES string of the molecule is O=c1nc(N/N=C/c2cccs2)n(/N=C/c2cccs2)s1. The highest BCUT2D eigenvalue weighted by Crippen LogP contribution is 2.09. The lowest BCUT2D eigenvalue weighted by Gasteiger charge is -1.97. The number of nitrogens with zero attached hydrogens (tertiary/aromatic N) is 4. The highest BCUT2D eigenvalue weighted by molar-refractivity contribution is 7.12. The van der Waals surface area contributed by atoms with Gasteiger partial charge in [-0.2, -0.15) is 15.2 Å². The van der Waals surface area contributed by atoms with Crippen LogP contribution in [0.25, 0.3) is 0 Å². The molecule has 6 nitrogen and oxygen atoms in total. The predicted molar refractivity (Wildman–Crippen MR) is 89.2 cm³/mol. The summed E-state index contributed by atoms with van der Waals surface area (Å²) in [7, 11) is 0. The van der Waals surface area contributed by atoms with E-state index in [1.54, 1.807) is 35.1 Å². The highest BCUT2D eigenvalue weighted by atomic mass is 32.1. The molecule has 0 spiro atoms. The van der Waals surface area contributed by atoms with Crippen molar-refractivity contribution in [3.8, 4) is 0 Å². The lowest BCUT2D eigenvalue weighted by molar-refractivity contribution is 0.955. The van der Waals surface area contributed by atoms with E-state index < -0.39 is 0 Å². The van der Waals surface area contributed by atoms with E-state index in [0.29, 0.717) is 5.95 Å². The van der Waals surface area contributed by atoms with Gasteiger partial charge in [0.2, 0.25) is 0 Å². The van der Waals surface area contributed by atoms with Crippen molar-refractivity contribution in [2.24, 2.45) is 10.2 Å². The van der Waals surface area contributed by atoms with Crippen LogP contribution in [0.2, 0.25) is 0 Å². The molecule has 0 aliphatic heterocycles. The predicted octanol–water partition coefficient (Wildman–Crippen LogP) is 2.76. The van der Waals surface area contributed by atoms with Gasteiger partial charge in [0, 0.05) is 21.3 Å². The average Bonchev–Trinajstić information content (AvgIpc) is 3.18. The Balaban J connectivity index is 1.75. The largest absolute Gasteiger partial charge is 0.347 e. The summed E-state index contributed by atoms with van der Waals surface area (Å²) in [6.07, 6.45) is 3.35. The van der Waals surface area contributed by atoms with Crippen molar-refractivity contribution < 1.29 is 0 Å². The monoisotopic (exact) mass is 335 g/mol. The Morgan fingerprint density at radius 1 is 1.14 bits per heavy atom. The van der Waals surface area contributed by atoms with Crippen LogP contribution < -0.4 is 10.3 Å². The van der Waals surface area contributed by atoms with Crippen LogP contribution in [-0.4, -0.2) is 21.5 Å². The molecule has 0 saturated heterocycles. The van der Waals surface area contributed by atoms with Crippen molar-refractivity contribution in [2.75, 3.05) is 5.43 Å². The Morgan fingerprint density at radius 2 is 1.86 bits per heavy atom. The van der Waals surface area contributed by atoms with Crippen LogP contribution in [0.1, 0.15) is 9.75 Å². The summed E-state index contributed by atoms with van der Waals surface area (Å²) in [5.74, 6) is 0.297. The van der Waals surface area contributed by atoms with E-state index in [1.165, 1.54) is 4.07 Å². The van der Waals surface area contributed by atoms with E-state index in [9.17, 15) is 4.79 Å². The summed E-state index contributed by atoms with van der Waals surface area (Å²) >= 11 is 4.04. The highest BCUT2D eigenvalue weighted by Gasteiger charge is 2.04. The molecule has 0 amide bonds. The molecule has 3 aromatic rings. The van der Waals surface area contributed by atoms with Crippen molar-refractivity contribution in [1.29, 1.82) is 0 Å². The van der Waals surface area contributed by atoms with E-state index in [4.69, 9.17) is 0 Å². The first-order valence-electron chi connectivity index (χ1n) is 5.82. The van der Waals surface area contributed by atoms with Gasteiger partial charge in [-0.3, -0.25) is 4.79 Å². The Kier molecular flexibility index (Phi) is 4.34. The molecule has 0 fully saturated rings. The Bertz CT molecular complexity index is 798. The quantitative estimate of drug-likeness (QED) is 0.576. The van der Waals surface area contributed by atoms with E-state index in [-0.39, 0.29) is 4.87 Å². The molecular weight excluding hydrogens is 326 g/mol. The number of hydrogen-bond acceptors (Lipinski definition) is 8. The third-order valence-corrected chi connectivity index (χ3v) is 4.58. The second-order valence-electron chi connectivity index (χ2n) is 3.71. The summed E-state index contributed by atoms with van der Waals surface area (Å²) in [5.41, 5.74) is 2.73. The average molecular weight is 335 g/mol. The van der Waals surface area contributed by atoms with Gasteiger partial charge in [-0.25, -0.2) is 5.43 Å². The number of aromatic nitrogens is 2. The van der Waals surface area contributed by atoms with E-state index in [0.717, 1.165) is 21.3 Å². The maximum absolute atomic E-state index is 11.4. The maximum Gasteiger partial charge on any atom is 0.347 e. The summed E-state index contributed by atoms with van der Waals surface area (Å²) < 4.78 is 1.41. The normalized spacial score (nSPS) is 11.6. The molecule has 1 N–H and O–H groups in total. The third kappa shape index (κ3) is 3.72. The van der Waals surface area contributed by atoms with Crippen LogP contribution in [0, 0.1) is 0 Å². The third-order valence-electron chi connectivity index (χ3n) is 2.28. The maximum atomic E-state index is 11.4. The molecule has 3 aromatic heterocycles. The van der Waals surface area contributed by atoms with Crippen molar-refractivity contribution in [3.63, 3.8) is 0 Å². The lowest BCUT2D eigenvalue weighted by atomic mass is 10.5. The molecule has 0 saturated carbocycles. The fourth-order valence-corrected chi connectivity index (χ4v) is 3.11. The van der Waals surface area contributed by atoms with Crippen LogP contribution in [0.4, 0.5) is 5.95 Å². The molecule has 3 rings (SSSR count). The van der Waals surface area contributed by atoms with Crippen molar-refractivity contribution in [3.05, 3.63) is 54.4 Å². The summed E-state index contributed by atoms with van der Waals surface area (Å²) in [5, 5.41) is 12.2. The molecule has 0 aromatic carbocycles. The van der Waals surface area contributed by atoms with Crippen LogP contribution in [0.15, 0.2) is 50.0 Å². The molecule has 3 heterocycles. The molecule has 0 atom stereocenters. The summed E-state index contributed by atoms with van der Waals surface area (Å²) in [6.45, 7) is 0. The fourth-order valence-electron chi connectivity index (χ4n) is 1.41. The molecule has 0 aliphatic rings. The second-order valence-corrected chi connectivity index (χ2v) is 6.55. The molecule has 0 bridgehead atoms. The summed E-state index contributed by atoms with van der Waals surface area (Å²) in [6, 6.07) is 7.76. The van der Waals surface area contributed by atoms with Crippen LogP contribution in [0.3, 0.4) is 0 Å². The van der Waals surface area contributed by atoms with E-state index in [2.05, 4.69) is 20.6 Å². The van der Waals surface area contributed by atoms with Gasteiger partial charge >= 0.3 is 4.87 Å². The van der Waals surface area contributed by atoms with Gasteiger partial charge in [0.15, 0.2) is 0 Å². The number of nitrogens with one attached hydrogen (secondary N) is 1. The van der Waals surface area contributed by atoms with Crippen molar-refractivity contribution in [1.82, 2.24) is 9.05 Å². The Hall–Kier alpha value is -2.10. The zero-order valence-corrected chi connectivity index (χ0v) is 13.0. The van der Waals surface area contributed by atoms with E-state index >= 15 is 0 Å². The Morgan fingerprint density at radius 3 is 2.52 bits per heavy atom. The second kappa shape index (κ2) is 6.57. The first-order valence-corrected chi connectivity index (χ1v) is 8.35. The number of hydrazone groups is 1. The standard InChI is InChI=1S/C12H9N5OS3/c18-12-15-11(16-13-7-9-3-1-5-19-9)17(21-12)14-8-10-4-2-6-20-10/h1-8H,(H,15,16,18)/b13-7+,14-8+.